The fourth-order valence-corrected chi connectivity index (χ4v) is 3.56. The molecule has 6 heteroatoms. The molecule has 2 aromatic rings. The Kier molecular flexibility index (Phi) is 4.51. The molecule has 0 saturated carbocycles. The molecule has 0 unspecified atom stereocenters. The maximum absolute atomic E-state index is 12.6. The van der Waals surface area contributed by atoms with Crippen LogP contribution in [0, 0.1) is 6.92 Å². The van der Waals surface area contributed by atoms with Gasteiger partial charge in [-0.3, -0.25) is 9.69 Å². The highest BCUT2D eigenvalue weighted by molar-refractivity contribution is 8.27. The summed E-state index contributed by atoms with van der Waals surface area (Å²) in [6.45, 7) is 2.00. The predicted octanol–water partition coefficient (Wildman–Crippen LogP) is 4.10. The van der Waals surface area contributed by atoms with Crippen LogP contribution in [0.5, 0.6) is 0 Å². The molecular formula is C18H13NO3S2. The van der Waals surface area contributed by atoms with E-state index in [0.717, 1.165) is 11.1 Å². The van der Waals surface area contributed by atoms with Crippen molar-refractivity contribution in [3.63, 3.8) is 0 Å². The molecule has 0 bridgehead atoms. The molecule has 1 saturated heterocycles. The summed E-state index contributed by atoms with van der Waals surface area (Å²) >= 11 is 6.55. The van der Waals surface area contributed by atoms with Gasteiger partial charge >= 0.3 is 5.97 Å². The number of aromatic carboxylic acids is 1. The number of aryl methyl sites for hydroxylation is 1. The number of carbonyl (C=O) groups is 2. The maximum atomic E-state index is 12.6. The molecule has 4 nitrogen and oxygen atoms in total. The van der Waals surface area contributed by atoms with Crippen LogP contribution in [0.1, 0.15) is 21.5 Å². The first-order valence-corrected chi connectivity index (χ1v) is 8.36. The number of nitrogens with zero attached hydrogens (tertiary/aromatic N) is 1. The van der Waals surface area contributed by atoms with Crippen LogP contribution in [0.3, 0.4) is 0 Å². The third-order valence-corrected chi connectivity index (χ3v) is 4.84. The van der Waals surface area contributed by atoms with E-state index >= 15 is 0 Å². The first-order chi connectivity index (χ1) is 11.5. The van der Waals surface area contributed by atoms with Crippen LogP contribution in [0.15, 0.2) is 53.4 Å². The van der Waals surface area contributed by atoms with Crippen LogP contribution in [-0.2, 0) is 4.79 Å². The summed E-state index contributed by atoms with van der Waals surface area (Å²) in [5.74, 6) is -1.21. The summed E-state index contributed by atoms with van der Waals surface area (Å²) in [6.07, 6.45) is 1.81. The van der Waals surface area contributed by atoms with Gasteiger partial charge < -0.3 is 5.11 Å². The molecule has 1 N–H and O–H groups in total. The average molecular weight is 355 g/mol. The van der Waals surface area contributed by atoms with Gasteiger partial charge in [-0.2, -0.15) is 0 Å². The highest BCUT2D eigenvalue weighted by atomic mass is 32.2. The van der Waals surface area contributed by atoms with E-state index in [0.29, 0.717) is 14.9 Å². The van der Waals surface area contributed by atoms with Crippen molar-refractivity contribution in [3.8, 4) is 0 Å². The van der Waals surface area contributed by atoms with Crippen LogP contribution >= 0.6 is 24.0 Å². The molecule has 0 atom stereocenters. The number of thioether (sulfide) groups is 1. The molecule has 1 heterocycles. The zero-order chi connectivity index (χ0) is 17.3. The van der Waals surface area contributed by atoms with Gasteiger partial charge in [-0.1, -0.05) is 53.8 Å². The highest BCUT2D eigenvalue weighted by Gasteiger charge is 2.33. The molecule has 120 valence electrons. The van der Waals surface area contributed by atoms with Gasteiger partial charge in [0.1, 0.15) is 0 Å². The second kappa shape index (κ2) is 6.59. The molecule has 1 aliphatic heterocycles. The van der Waals surface area contributed by atoms with Crippen LogP contribution in [-0.4, -0.2) is 21.3 Å². The average Bonchev–Trinajstić information content (AvgIpc) is 2.83. The minimum atomic E-state index is -1.01. The lowest BCUT2D eigenvalue weighted by Crippen LogP contribution is -2.27. The van der Waals surface area contributed by atoms with Crippen molar-refractivity contribution >= 4 is 51.9 Å². The minimum absolute atomic E-state index is 0.166. The summed E-state index contributed by atoms with van der Waals surface area (Å²) in [4.78, 5) is 25.5. The van der Waals surface area contributed by atoms with Gasteiger partial charge in [0.05, 0.1) is 16.2 Å². The first kappa shape index (κ1) is 16.4. The molecule has 1 aliphatic rings. The number of thiocarbonyl (C=S) groups is 1. The Morgan fingerprint density at radius 2 is 1.75 bits per heavy atom. The number of carboxylic acid groups (broad SMARTS) is 1. The molecule has 0 aromatic heterocycles. The number of hydrogen-bond acceptors (Lipinski definition) is 4. The van der Waals surface area contributed by atoms with Gasteiger partial charge in [-0.25, -0.2) is 4.79 Å². The van der Waals surface area contributed by atoms with Gasteiger partial charge in [-0.05, 0) is 42.8 Å². The number of anilines is 1. The van der Waals surface area contributed by atoms with Crippen molar-refractivity contribution in [3.05, 3.63) is 70.1 Å². The lowest BCUT2D eigenvalue weighted by molar-refractivity contribution is -0.113. The fourth-order valence-electron chi connectivity index (χ4n) is 2.26. The lowest BCUT2D eigenvalue weighted by Gasteiger charge is -2.14. The predicted molar refractivity (Wildman–Crippen MR) is 100 cm³/mol. The summed E-state index contributed by atoms with van der Waals surface area (Å²) in [7, 11) is 0. The molecule has 1 fully saturated rings. The van der Waals surface area contributed by atoms with Gasteiger partial charge in [0.25, 0.3) is 5.91 Å². The number of carbonyl (C=O) groups excluding carboxylic acids is 1. The fraction of sp³-hybridized carbons (Fsp3) is 0.0556. The zero-order valence-electron chi connectivity index (χ0n) is 12.7. The number of amides is 1. The number of benzene rings is 2. The van der Waals surface area contributed by atoms with Gasteiger partial charge in [0.2, 0.25) is 0 Å². The monoisotopic (exact) mass is 355 g/mol. The third kappa shape index (κ3) is 3.25. The van der Waals surface area contributed by atoms with Gasteiger partial charge in [0, 0.05) is 0 Å². The van der Waals surface area contributed by atoms with Crippen molar-refractivity contribution in [1.82, 2.24) is 0 Å². The summed E-state index contributed by atoms with van der Waals surface area (Å²) in [5.41, 5.74) is 2.81. The Bertz CT molecular complexity index is 855. The number of rotatable bonds is 3. The largest absolute Gasteiger partial charge is 0.478 e. The molecular weight excluding hydrogens is 342 g/mol. The van der Waals surface area contributed by atoms with E-state index in [1.54, 1.807) is 12.1 Å². The second-order valence-corrected chi connectivity index (χ2v) is 6.96. The molecule has 2 aromatic carbocycles. The van der Waals surface area contributed by atoms with E-state index in [2.05, 4.69) is 0 Å². The zero-order valence-corrected chi connectivity index (χ0v) is 14.4. The maximum Gasteiger partial charge on any atom is 0.335 e. The minimum Gasteiger partial charge on any atom is -0.478 e. The quantitative estimate of drug-likeness (QED) is 0.663. The number of carboxylic acids is 1. The lowest BCUT2D eigenvalue weighted by atomic mass is 10.1. The Labute approximate surface area is 148 Å². The van der Waals surface area contributed by atoms with E-state index in [9.17, 15) is 9.59 Å². The van der Waals surface area contributed by atoms with Crippen molar-refractivity contribution in [2.24, 2.45) is 0 Å². The second-order valence-electron chi connectivity index (χ2n) is 5.28. The van der Waals surface area contributed by atoms with E-state index in [1.165, 1.54) is 28.8 Å². The third-order valence-electron chi connectivity index (χ3n) is 3.54. The number of hydrogen-bond donors (Lipinski definition) is 1. The Hall–Kier alpha value is -2.44. The Morgan fingerprint density at radius 1 is 1.12 bits per heavy atom. The molecule has 1 amide bonds. The van der Waals surface area contributed by atoms with Gasteiger partial charge in [-0.15, -0.1) is 0 Å². The summed E-state index contributed by atoms with van der Waals surface area (Å²) in [6, 6.07) is 14.0. The van der Waals surface area contributed by atoms with Crippen LogP contribution in [0.2, 0.25) is 0 Å². The first-order valence-electron chi connectivity index (χ1n) is 7.14. The van der Waals surface area contributed by atoms with Crippen molar-refractivity contribution in [2.75, 3.05) is 4.90 Å². The molecule has 24 heavy (non-hydrogen) atoms. The highest BCUT2D eigenvalue weighted by Crippen LogP contribution is 2.36. The van der Waals surface area contributed by atoms with E-state index in [4.69, 9.17) is 17.3 Å². The van der Waals surface area contributed by atoms with E-state index in [1.807, 2.05) is 37.3 Å². The topological polar surface area (TPSA) is 57.6 Å². The molecule has 0 aliphatic carbocycles. The standard InChI is InChI=1S/C18H13NO3S2/c1-11-2-4-12(5-3-11)10-15-16(20)19(18(23)24-15)14-8-6-13(7-9-14)17(21)22/h2-10H,1H3,(H,21,22). The molecule has 3 rings (SSSR count). The summed E-state index contributed by atoms with van der Waals surface area (Å²) in [5, 5.41) is 8.95. The SMILES string of the molecule is Cc1ccc(C=C2SC(=S)N(c3ccc(C(=O)O)cc3)C2=O)cc1. The Balaban J connectivity index is 1.88. The van der Waals surface area contributed by atoms with Crippen LogP contribution < -0.4 is 4.90 Å². The van der Waals surface area contributed by atoms with Crippen molar-refractivity contribution in [1.29, 1.82) is 0 Å². The smallest absolute Gasteiger partial charge is 0.335 e. The van der Waals surface area contributed by atoms with Crippen LogP contribution in [0.4, 0.5) is 5.69 Å². The molecule has 0 radical (unpaired) electrons. The Morgan fingerprint density at radius 3 is 2.33 bits per heavy atom. The van der Waals surface area contributed by atoms with Gasteiger partial charge in [0.15, 0.2) is 4.32 Å². The molecule has 0 spiro atoms. The normalized spacial score (nSPS) is 16.0. The van der Waals surface area contributed by atoms with E-state index < -0.39 is 5.97 Å². The van der Waals surface area contributed by atoms with Crippen molar-refractivity contribution < 1.29 is 14.7 Å². The summed E-state index contributed by atoms with van der Waals surface area (Å²) < 4.78 is 0.432. The van der Waals surface area contributed by atoms with Crippen LogP contribution in [0.25, 0.3) is 6.08 Å². The van der Waals surface area contributed by atoms with Crippen molar-refractivity contribution in [2.45, 2.75) is 6.92 Å². The van der Waals surface area contributed by atoms with E-state index in [-0.39, 0.29) is 11.5 Å².